The number of esters is 1. The van der Waals surface area contributed by atoms with Crippen molar-refractivity contribution in [2.24, 2.45) is 10.2 Å². The molecule has 172 valence electrons. The number of rotatable bonds is 9. The largest absolute Gasteiger partial charge is 0.462 e. The Labute approximate surface area is 185 Å². The summed E-state index contributed by atoms with van der Waals surface area (Å²) in [7, 11) is -1.35. The molecule has 13 heteroatoms. The molecule has 0 spiro atoms. The number of imide groups is 2. The van der Waals surface area contributed by atoms with Crippen molar-refractivity contribution in [1.82, 2.24) is 14.5 Å². The minimum atomic E-state index is -3.81. The van der Waals surface area contributed by atoms with Crippen molar-refractivity contribution in [3.05, 3.63) is 36.4 Å². The van der Waals surface area contributed by atoms with Crippen LogP contribution in [-0.2, 0) is 29.1 Å². The predicted molar refractivity (Wildman–Crippen MR) is 111 cm³/mol. The molecular weight excluding hydrogens is 442 g/mol. The summed E-state index contributed by atoms with van der Waals surface area (Å²) in [5.41, 5.74) is 0.464. The van der Waals surface area contributed by atoms with E-state index in [4.69, 9.17) is 4.74 Å². The number of ether oxygens (including phenoxy) is 1. The van der Waals surface area contributed by atoms with E-state index in [-0.39, 0.29) is 35.7 Å². The first-order valence-electron chi connectivity index (χ1n) is 9.38. The second-order valence-electron chi connectivity index (χ2n) is 6.86. The molecule has 1 fully saturated rings. The molecular formula is C19H23N5O7S. The Morgan fingerprint density at radius 3 is 2.22 bits per heavy atom. The second kappa shape index (κ2) is 10.2. The molecule has 1 N–H and O–H groups in total. The third-order valence-corrected chi connectivity index (χ3v) is 5.81. The van der Waals surface area contributed by atoms with Gasteiger partial charge in [-0.1, -0.05) is 6.58 Å². The molecule has 1 aromatic rings. The summed E-state index contributed by atoms with van der Waals surface area (Å²) in [4.78, 5) is 48.7. The van der Waals surface area contributed by atoms with E-state index in [1.165, 1.54) is 45.3 Å². The van der Waals surface area contributed by atoms with E-state index in [0.29, 0.717) is 0 Å². The molecule has 1 aliphatic heterocycles. The number of nitrogens with zero attached hydrogens (tertiary/aromatic N) is 4. The highest BCUT2D eigenvalue weighted by Crippen LogP contribution is 2.19. The molecule has 0 aromatic heterocycles. The number of carbonyl (C=O) groups is 4. The number of hydrogen-bond donors (Lipinski definition) is 1. The van der Waals surface area contributed by atoms with Gasteiger partial charge in [-0.15, -0.1) is 0 Å². The minimum absolute atomic E-state index is 0.0368. The Morgan fingerprint density at radius 2 is 1.69 bits per heavy atom. The van der Waals surface area contributed by atoms with Crippen LogP contribution in [0.15, 0.2) is 51.5 Å². The molecule has 1 heterocycles. The lowest BCUT2D eigenvalue weighted by atomic mass is 10.2. The van der Waals surface area contributed by atoms with Crippen LogP contribution < -0.4 is 4.72 Å². The quantitative estimate of drug-likeness (QED) is 0.187. The predicted octanol–water partition coefficient (Wildman–Crippen LogP) is 0.977. The van der Waals surface area contributed by atoms with Gasteiger partial charge in [0, 0.05) is 26.2 Å². The zero-order chi connectivity index (χ0) is 24.1. The first-order valence-corrected chi connectivity index (χ1v) is 10.9. The van der Waals surface area contributed by atoms with Crippen LogP contribution in [0.5, 0.6) is 0 Å². The van der Waals surface area contributed by atoms with E-state index in [0.717, 1.165) is 9.80 Å². The highest BCUT2D eigenvalue weighted by atomic mass is 32.2. The molecule has 0 atom stereocenters. The normalized spacial score (nSPS) is 15.5. The van der Waals surface area contributed by atoms with Crippen molar-refractivity contribution in [2.45, 2.75) is 24.3 Å². The summed E-state index contributed by atoms with van der Waals surface area (Å²) < 4.78 is 31.9. The zero-order valence-corrected chi connectivity index (χ0v) is 18.6. The minimum Gasteiger partial charge on any atom is -0.462 e. The van der Waals surface area contributed by atoms with Gasteiger partial charge in [-0.05, 0) is 37.6 Å². The highest BCUT2D eigenvalue weighted by Gasteiger charge is 2.42. The summed E-state index contributed by atoms with van der Waals surface area (Å²) in [5.74, 6) is -2.16. The van der Waals surface area contributed by atoms with Crippen molar-refractivity contribution in [1.29, 1.82) is 0 Å². The number of amides is 4. The van der Waals surface area contributed by atoms with Crippen molar-refractivity contribution < 1.29 is 32.3 Å². The van der Waals surface area contributed by atoms with E-state index in [9.17, 15) is 27.6 Å². The molecule has 32 heavy (non-hydrogen) atoms. The van der Waals surface area contributed by atoms with Gasteiger partial charge in [0.05, 0.1) is 17.2 Å². The van der Waals surface area contributed by atoms with Crippen LogP contribution in [0.1, 0.15) is 13.3 Å². The Morgan fingerprint density at radius 1 is 1.12 bits per heavy atom. The number of benzene rings is 1. The average molecular weight is 465 g/mol. The van der Waals surface area contributed by atoms with Crippen LogP contribution in [0, 0.1) is 0 Å². The maximum Gasteiger partial charge on any atom is 0.333 e. The highest BCUT2D eigenvalue weighted by molar-refractivity contribution is 7.89. The third kappa shape index (κ3) is 5.82. The molecule has 2 rings (SSSR count). The summed E-state index contributed by atoms with van der Waals surface area (Å²) in [5, 5.41) is 7.53. The molecule has 0 saturated carbocycles. The number of urea groups is 1. The number of barbiturate groups is 1. The molecule has 1 aliphatic rings. The maximum absolute atomic E-state index is 12.3. The van der Waals surface area contributed by atoms with Gasteiger partial charge in [0.1, 0.15) is 0 Å². The molecule has 0 radical (unpaired) electrons. The number of likely N-dealkylation sites (N-methyl/N-ethyl adjacent to an activating group) is 2. The number of carbonyl (C=O) groups excluding carboxylic acids is 4. The smallest absolute Gasteiger partial charge is 0.333 e. The van der Waals surface area contributed by atoms with Crippen molar-refractivity contribution in [2.75, 3.05) is 27.2 Å². The Kier molecular flexibility index (Phi) is 7.94. The van der Waals surface area contributed by atoms with Crippen LogP contribution in [0.3, 0.4) is 0 Å². The maximum atomic E-state index is 12.3. The van der Waals surface area contributed by atoms with Crippen molar-refractivity contribution in [3.63, 3.8) is 0 Å². The van der Waals surface area contributed by atoms with Crippen LogP contribution in [-0.4, -0.2) is 75.3 Å². The van der Waals surface area contributed by atoms with Crippen molar-refractivity contribution in [3.8, 4) is 0 Å². The topological polar surface area (TPSA) is 155 Å². The van der Waals surface area contributed by atoms with Crippen LogP contribution in [0.25, 0.3) is 0 Å². The summed E-state index contributed by atoms with van der Waals surface area (Å²) in [6, 6.07) is 3.01. The fourth-order valence-electron chi connectivity index (χ4n) is 2.45. The van der Waals surface area contributed by atoms with Crippen molar-refractivity contribution >= 4 is 39.5 Å². The monoisotopic (exact) mass is 465 g/mol. The van der Waals surface area contributed by atoms with Gasteiger partial charge in [-0.3, -0.25) is 19.4 Å². The van der Waals surface area contributed by atoms with Crippen LogP contribution >= 0.6 is 0 Å². The molecule has 1 aromatic carbocycles. The molecule has 0 aliphatic carbocycles. The second-order valence-corrected chi connectivity index (χ2v) is 8.62. The Balaban J connectivity index is 1.96. The van der Waals surface area contributed by atoms with Crippen LogP contribution in [0.2, 0.25) is 0 Å². The summed E-state index contributed by atoms with van der Waals surface area (Å²) in [6.07, 6.45) is 0.277. The SMILES string of the molecule is C=C(C)C(=O)OCCCNS(=O)(=O)c1ccc(N=NC2C(=O)N(C)C(=O)N(C)C2=O)cc1. The van der Waals surface area contributed by atoms with Gasteiger partial charge in [0.15, 0.2) is 0 Å². The lowest BCUT2D eigenvalue weighted by Gasteiger charge is -2.30. The Hall–Kier alpha value is -3.45. The number of nitrogens with one attached hydrogen (secondary N) is 1. The lowest BCUT2D eigenvalue weighted by Crippen LogP contribution is -2.58. The zero-order valence-electron chi connectivity index (χ0n) is 17.8. The standard InChI is InChI=1S/C19H23N5O7S/c1-12(2)18(27)31-11-5-10-20-32(29,30)14-8-6-13(7-9-14)21-22-15-16(25)23(3)19(28)24(4)17(15)26/h6-9,15,20H,1,5,10-11H2,2-4H3. The van der Waals surface area contributed by atoms with Gasteiger partial charge in [0.25, 0.3) is 11.8 Å². The Bertz CT molecular complexity index is 1040. The molecule has 0 bridgehead atoms. The van der Waals surface area contributed by atoms with Gasteiger partial charge >= 0.3 is 12.0 Å². The summed E-state index contributed by atoms with van der Waals surface area (Å²) >= 11 is 0. The fourth-order valence-corrected chi connectivity index (χ4v) is 3.53. The van der Waals surface area contributed by atoms with Crippen LogP contribution in [0.4, 0.5) is 10.5 Å². The molecule has 1 saturated heterocycles. The van der Waals surface area contributed by atoms with E-state index >= 15 is 0 Å². The molecule has 4 amide bonds. The number of azo groups is 1. The van der Waals surface area contributed by atoms with E-state index in [1.807, 2.05) is 0 Å². The summed E-state index contributed by atoms with van der Waals surface area (Å²) in [6.45, 7) is 5.05. The first-order chi connectivity index (χ1) is 15.0. The van der Waals surface area contributed by atoms with Gasteiger partial charge in [-0.2, -0.15) is 10.2 Å². The number of sulfonamides is 1. The fraction of sp³-hybridized carbons (Fsp3) is 0.368. The van der Waals surface area contributed by atoms with Gasteiger partial charge in [0.2, 0.25) is 16.1 Å². The van der Waals surface area contributed by atoms with Gasteiger partial charge < -0.3 is 4.74 Å². The molecule has 0 unspecified atom stereocenters. The first kappa shape index (κ1) is 24.8. The molecule has 12 nitrogen and oxygen atoms in total. The lowest BCUT2D eigenvalue weighted by molar-refractivity contribution is -0.143. The van der Waals surface area contributed by atoms with Gasteiger partial charge in [-0.25, -0.2) is 22.7 Å². The number of hydrogen-bond acceptors (Lipinski definition) is 9. The van der Waals surface area contributed by atoms with E-state index in [1.54, 1.807) is 0 Å². The van der Waals surface area contributed by atoms with E-state index < -0.39 is 39.9 Å². The third-order valence-electron chi connectivity index (χ3n) is 4.33. The van der Waals surface area contributed by atoms with E-state index in [2.05, 4.69) is 21.5 Å². The average Bonchev–Trinajstić information content (AvgIpc) is 2.76.